The lowest BCUT2D eigenvalue weighted by Crippen LogP contribution is -2.38. The van der Waals surface area contributed by atoms with Crippen molar-refractivity contribution in [3.05, 3.63) is 47.3 Å². The summed E-state index contributed by atoms with van der Waals surface area (Å²) in [6.07, 6.45) is 4.01. The molecule has 0 spiro atoms. The van der Waals surface area contributed by atoms with Crippen molar-refractivity contribution in [3.63, 3.8) is 0 Å². The third-order valence-corrected chi connectivity index (χ3v) is 5.22. The fourth-order valence-corrected chi connectivity index (χ4v) is 3.57. The Morgan fingerprint density at radius 1 is 1.28 bits per heavy atom. The van der Waals surface area contributed by atoms with Crippen LogP contribution in [0.3, 0.4) is 0 Å². The van der Waals surface area contributed by atoms with E-state index in [4.69, 9.17) is 0 Å². The predicted octanol–water partition coefficient (Wildman–Crippen LogP) is 2.95. The molecule has 1 aliphatic rings. The average Bonchev–Trinajstić information content (AvgIpc) is 3.19. The number of amides is 2. The summed E-state index contributed by atoms with van der Waals surface area (Å²) in [5, 5.41) is 10.8. The normalized spacial score (nSPS) is 16.0. The van der Waals surface area contributed by atoms with Gasteiger partial charge in [0, 0.05) is 25.0 Å². The fourth-order valence-electron chi connectivity index (χ4n) is 3.57. The van der Waals surface area contributed by atoms with Gasteiger partial charge in [-0.2, -0.15) is 5.10 Å². The van der Waals surface area contributed by atoms with Crippen LogP contribution in [0.4, 0.5) is 5.69 Å². The Kier molecular flexibility index (Phi) is 8.22. The number of aromatic nitrogens is 2. The Hall–Kier alpha value is -2.38. The number of halogens is 1. The van der Waals surface area contributed by atoms with Gasteiger partial charge in [0.15, 0.2) is 0 Å². The molecular weight excluding hydrogens is 390 g/mol. The molecule has 158 valence electrons. The minimum atomic E-state index is -0.221. The molecule has 7 nitrogen and oxygen atoms in total. The molecule has 2 N–H and O–H groups in total. The van der Waals surface area contributed by atoms with Gasteiger partial charge in [0.1, 0.15) is 12.2 Å². The second-order valence-corrected chi connectivity index (χ2v) is 7.32. The minimum Gasteiger partial charge on any atom is -0.328 e. The van der Waals surface area contributed by atoms with Crippen molar-refractivity contribution in [2.45, 2.75) is 39.7 Å². The molecule has 2 heterocycles. The maximum Gasteiger partial charge on any atom is 0.274 e. The molecule has 0 bridgehead atoms. The van der Waals surface area contributed by atoms with E-state index < -0.39 is 0 Å². The topological polar surface area (TPSA) is 79.3 Å². The number of nitrogens with one attached hydrogen (secondary N) is 2. The molecule has 1 aliphatic heterocycles. The van der Waals surface area contributed by atoms with E-state index in [9.17, 15) is 9.59 Å². The summed E-state index contributed by atoms with van der Waals surface area (Å²) in [4.78, 5) is 26.9. The van der Waals surface area contributed by atoms with Crippen LogP contribution in [0.2, 0.25) is 0 Å². The monoisotopic (exact) mass is 419 g/mol. The van der Waals surface area contributed by atoms with Gasteiger partial charge in [0.2, 0.25) is 5.91 Å². The summed E-state index contributed by atoms with van der Waals surface area (Å²) < 4.78 is 1.87. The number of carbonyl (C=O) groups is 2. The number of carbonyl (C=O) groups excluding carboxylic acids is 2. The van der Waals surface area contributed by atoms with Gasteiger partial charge in [0.05, 0.1) is 6.04 Å². The minimum absolute atomic E-state index is 0. The number of likely N-dealkylation sites (N-methyl/N-ethyl adjacent to an activating group) is 1. The highest BCUT2D eigenvalue weighted by molar-refractivity contribution is 5.99. The second kappa shape index (κ2) is 10.4. The van der Waals surface area contributed by atoms with E-state index in [1.165, 1.54) is 4.90 Å². The van der Waals surface area contributed by atoms with E-state index in [-0.39, 0.29) is 36.8 Å². The van der Waals surface area contributed by atoms with E-state index in [1.807, 2.05) is 49.8 Å². The Bertz CT molecular complexity index is 825. The van der Waals surface area contributed by atoms with Crippen LogP contribution in [0.25, 0.3) is 0 Å². The van der Waals surface area contributed by atoms with Crippen molar-refractivity contribution in [3.8, 4) is 0 Å². The maximum atomic E-state index is 12.8. The zero-order chi connectivity index (χ0) is 20.1. The highest BCUT2D eigenvalue weighted by atomic mass is 35.5. The molecule has 0 saturated carbocycles. The molecule has 3 rings (SSSR count). The fraction of sp³-hybridized carbons (Fsp3) is 0.476. The van der Waals surface area contributed by atoms with Crippen molar-refractivity contribution >= 4 is 29.9 Å². The van der Waals surface area contributed by atoms with Gasteiger partial charge in [-0.15, -0.1) is 12.4 Å². The molecule has 1 unspecified atom stereocenters. The first-order chi connectivity index (χ1) is 13.5. The summed E-state index contributed by atoms with van der Waals surface area (Å²) >= 11 is 0. The van der Waals surface area contributed by atoms with E-state index >= 15 is 0 Å². The smallest absolute Gasteiger partial charge is 0.274 e. The molecule has 1 aromatic carbocycles. The van der Waals surface area contributed by atoms with Gasteiger partial charge in [-0.25, -0.2) is 0 Å². The zero-order valence-corrected chi connectivity index (χ0v) is 18.1. The molecule has 29 heavy (non-hydrogen) atoms. The number of rotatable bonds is 6. The van der Waals surface area contributed by atoms with Crippen LogP contribution in [-0.2, 0) is 4.79 Å². The van der Waals surface area contributed by atoms with Crippen LogP contribution in [0.5, 0.6) is 0 Å². The lowest BCUT2D eigenvalue weighted by Gasteiger charge is -2.23. The first-order valence-electron chi connectivity index (χ1n) is 9.90. The number of piperidine rings is 1. The third-order valence-electron chi connectivity index (χ3n) is 5.22. The Labute approximate surface area is 178 Å². The second-order valence-electron chi connectivity index (χ2n) is 7.32. The van der Waals surface area contributed by atoms with Crippen LogP contribution in [0.1, 0.15) is 47.4 Å². The van der Waals surface area contributed by atoms with E-state index in [2.05, 4.69) is 15.7 Å². The standard InChI is InChI=1S/C21H29N5O2.ClH/c1-4-25(14-19(27)23-20-15(2)7-5-8-16(20)3)21(28)18-10-12-26(24-18)17-9-6-11-22-13-17;/h5,7-8,10,12,17,22H,4,6,9,11,13-14H2,1-3H3,(H,23,27);1H. The Balaban J connectivity index is 0.00000300. The number of aryl methyl sites for hydroxylation is 2. The molecule has 0 aliphatic carbocycles. The number of nitrogens with zero attached hydrogens (tertiary/aromatic N) is 3. The van der Waals surface area contributed by atoms with Crippen LogP contribution < -0.4 is 10.6 Å². The number of para-hydroxylation sites is 1. The molecule has 0 radical (unpaired) electrons. The summed E-state index contributed by atoms with van der Waals surface area (Å²) in [6.45, 7) is 8.12. The molecular formula is C21H30ClN5O2. The van der Waals surface area contributed by atoms with Gasteiger partial charge >= 0.3 is 0 Å². The summed E-state index contributed by atoms with van der Waals surface area (Å²) in [7, 11) is 0. The highest BCUT2D eigenvalue weighted by Crippen LogP contribution is 2.19. The molecule has 2 amide bonds. The third kappa shape index (κ3) is 5.58. The number of hydrogen-bond donors (Lipinski definition) is 2. The molecule has 1 fully saturated rings. The lowest BCUT2D eigenvalue weighted by atomic mass is 10.1. The van der Waals surface area contributed by atoms with Crippen LogP contribution in [-0.4, -0.2) is 52.7 Å². The summed E-state index contributed by atoms with van der Waals surface area (Å²) in [5.74, 6) is -0.426. The number of benzene rings is 1. The van der Waals surface area contributed by atoms with Crippen molar-refractivity contribution in [2.24, 2.45) is 0 Å². The largest absolute Gasteiger partial charge is 0.328 e. The molecule has 2 aromatic rings. The van der Waals surface area contributed by atoms with Gasteiger partial charge in [-0.1, -0.05) is 18.2 Å². The van der Waals surface area contributed by atoms with E-state index in [0.717, 1.165) is 42.7 Å². The van der Waals surface area contributed by atoms with E-state index in [1.54, 1.807) is 6.07 Å². The van der Waals surface area contributed by atoms with Gasteiger partial charge in [-0.3, -0.25) is 14.3 Å². The quantitative estimate of drug-likeness (QED) is 0.754. The van der Waals surface area contributed by atoms with Crippen molar-refractivity contribution in [1.82, 2.24) is 20.0 Å². The van der Waals surface area contributed by atoms with Crippen molar-refractivity contribution < 1.29 is 9.59 Å². The first-order valence-corrected chi connectivity index (χ1v) is 9.90. The molecule has 1 saturated heterocycles. The Morgan fingerprint density at radius 3 is 2.62 bits per heavy atom. The number of anilines is 1. The van der Waals surface area contributed by atoms with Crippen LogP contribution >= 0.6 is 12.4 Å². The van der Waals surface area contributed by atoms with Crippen molar-refractivity contribution in [2.75, 3.05) is 31.5 Å². The molecule has 1 atom stereocenters. The van der Waals surface area contributed by atoms with Gasteiger partial charge in [-0.05, 0) is 57.4 Å². The van der Waals surface area contributed by atoms with Crippen LogP contribution in [0.15, 0.2) is 30.5 Å². The molecule has 8 heteroatoms. The SMILES string of the molecule is CCN(CC(=O)Nc1c(C)cccc1C)C(=O)c1ccn(C2CCCNC2)n1.Cl. The van der Waals surface area contributed by atoms with Gasteiger partial charge < -0.3 is 15.5 Å². The van der Waals surface area contributed by atoms with Gasteiger partial charge in [0.25, 0.3) is 5.91 Å². The van der Waals surface area contributed by atoms with Crippen LogP contribution in [0, 0.1) is 13.8 Å². The Morgan fingerprint density at radius 2 is 2.00 bits per heavy atom. The maximum absolute atomic E-state index is 12.8. The van der Waals surface area contributed by atoms with Crippen molar-refractivity contribution in [1.29, 1.82) is 0 Å². The van der Waals surface area contributed by atoms with E-state index in [0.29, 0.717) is 12.2 Å². The average molecular weight is 420 g/mol. The lowest BCUT2D eigenvalue weighted by molar-refractivity contribution is -0.116. The molecule has 1 aromatic heterocycles. The zero-order valence-electron chi connectivity index (χ0n) is 17.3. The summed E-state index contributed by atoms with van der Waals surface area (Å²) in [6, 6.07) is 7.89. The highest BCUT2D eigenvalue weighted by Gasteiger charge is 2.22. The first kappa shape index (κ1) is 22.9. The predicted molar refractivity (Wildman–Crippen MR) is 117 cm³/mol. The number of hydrogen-bond acceptors (Lipinski definition) is 4. The summed E-state index contributed by atoms with van der Waals surface area (Å²) in [5.41, 5.74) is 3.20.